The van der Waals surface area contributed by atoms with Crippen molar-refractivity contribution in [2.24, 2.45) is 0 Å². The fourth-order valence-electron chi connectivity index (χ4n) is 1.43. The van der Waals surface area contributed by atoms with E-state index < -0.39 is 11.7 Å². The van der Waals surface area contributed by atoms with Crippen LogP contribution in [0.1, 0.15) is 21.5 Å². The molecule has 0 bridgehead atoms. The number of nitrogens with zero attached hydrogens (tertiary/aromatic N) is 1. The summed E-state index contributed by atoms with van der Waals surface area (Å²) in [6, 6.07) is 3.24. The van der Waals surface area contributed by atoms with Gasteiger partial charge < -0.3 is 4.74 Å². The zero-order chi connectivity index (χ0) is 13.1. The number of alkyl halides is 3. The van der Waals surface area contributed by atoms with Crippen molar-refractivity contribution >= 4 is 6.29 Å². The van der Waals surface area contributed by atoms with Gasteiger partial charge >= 0.3 is 6.18 Å². The second kappa shape index (κ2) is 4.87. The molecule has 1 aromatic carbocycles. The summed E-state index contributed by atoms with van der Waals surface area (Å²) in [7, 11) is 1.23. The molecule has 0 aliphatic heterocycles. The second-order valence-electron chi connectivity index (χ2n) is 3.21. The summed E-state index contributed by atoms with van der Waals surface area (Å²) in [5.74, 6) is 0.00884. The standard InChI is InChI=1S/C11H8F3NO2/c1-17-10-7(2-3-15)4-9(11(12,13)14)5-8(10)6-16/h4-6H,2H2,1H3. The summed E-state index contributed by atoms with van der Waals surface area (Å²) in [5, 5.41) is 8.52. The van der Waals surface area contributed by atoms with Crippen LogP contribution in [0.2, 0.25) is 0 Å². The fraction of sp³-hybridized carbons (Fsp3) is 0.273. The maximum atomic E-state index is 12.5. The Balaban J connectivity index is 3.46. The number of aldehydes is 1. The van der Waals surface area contributed by atoms with Crippen LogP contribution < -0.4 is 4.74 Å². The predicted octanol–water partition coefficient (Wildman–Crippen LogP) is 2.59. The smallest absolute Gasteiger partial charge is 0.416 e. The van der Waals surface area contributed by atoms with E-state index in [-0.39, 0.29) is 29.6 Å². The second-order valence-corrected chi connectivity index (χ2v) is 3.21. The first-order valence-corrected chi connectivity index (χ1v) is 4.54. The van der Waals surface area contributed by atoms with Crippen molar-refractivity contribution in [3.63, 3.8) is 0 Å². The number of benzene rings is 1. The van der Waals surface area contributed by atoms with Gasteiger partial charge in [-0.25, -0.2) is 0 Å². The number of hydrogen-bond donors (Lipinski definition) is 0. The van der Waals surface area contributed by atoms with Crippen molar-refractivity contribution in [2.45, 2.75) is 12.6 Å². The molecule has 0 saturated carbocycles. The average Bonchev–Trinajstić information content (AvgIpc) is 2.27. The third-order valence-corrected chi connectivity index (χ3v) is 2.12. The maximum absolute atomic E-state index is 12.5. The van der Waals surface area contributed by atoms with Crippen LogP contribution in [0.25, 0.3) is 0 Å². The molecule has 0 radical (unpaired) electrons. The number of carbonyl (C=O) groups is 1. The van der Waals surface area contributed by atoms with Crippen LogP contribution in [0.4, 0.5) is 13.2 Å². The van der Waals surface area contributed by atoms with E-state index in [1.54, 1.807) is 6.07 Å². The Morgan fingerprint density at radius 1 is 1.47 bits per heavy atom. The van der Waals surface area contributed by atoms with Gasteiger partial charge in [0.1, 0.15) is 5.75 Å². The van der Waals surface area contributed by atoms with Gasteiger partial charge in [0.05, 0.1) is 30.7 Å². The van der Waals surface area contributed by atoms with Crippen LogP contribution in [-0.2, 0) is 12.6 Å². The molecule has 90 valence electrons. The minimum atomic E-state index is -4.56. The molecule has 0 atom stereocenters. The number of methoxy groups -OCH3 is 1. The van der Waals surface area contributed by atoms with Gasteiger partial charge in [-0.1, -0.05) is 0 Å². The van der Waals surface area contributed by atoms with Crippen LogP contribution in [0.3, 0.4) is 0 Å². The highest BCUT2D eigenvalue weighted by molar-refractivity contribution is 5.81. The zero-order valence-corrected chi connectivity index (χ0v) is 8.84. The molecule has 0 amide bonds. The highest BCUT2D eigenvalue weighted by atomic mass is 19.4. The highest BCUT2D eigenvalue weighted by Crippen LogP contribution is 2.34. The SMILES string of the molecule is COc1c(C=O)cc(C(F)(F)F)cc1CC#N. The average molecular weight is 243 g/mol. The van der Waals surface area contributed by atoms with Gasteiger partial charge in [-0.15, -0.1) is 0 Å². The fourth-order valence-corrected chi connectivity index (χ4v) is 1.43. The molecule has 0 saturated heterocycles. The minimum Gasteiger partial charge on any atom is -0.496 e. The lowest BCUT2D eigenvalue weighted by atomic mass is 10.0. The largest absolute Gasteiger partial charge is 0.496 e. The van der Waals surface area contributed by atoms with Gasteiger partial charge in [0.2, 0.25) is 0 Å². The van der Waals surface area contributed by atoms with Gasteiger partial charge in [-0.2, -0.15) is 18.4 Å². The van der Waals surface area contributed by atoms with E-state index in [9.17, 15) is 18.0 Å². The number of rotatable bonds is 3. The molecule has 1 aromatic rings. The van der Waals surface area contributed by atoms with E-state index in [1.807, 2.05) is 0 Å². The number of hydrogen-bond acceptors (Lipinski definition) is 3. The lowest BCUT2D eigenvalue weighted by Gasteiger charge is -2.13. The molecular formula is C11H8F3NO2. The van der Waals surface area contributed by atoms with Gasteiger partial charge in [0, 0.05) is 5.56 Å². The molecule has 3 nitrogen and oxygen atoms in total. The Morgan fingerprint density at radius 2 is 2.12 bits per heavy atom. The minimum absolute atomic E-state index is 0.00884. The monoisotopic (exact) mass is 243 g/mol. The summed E-state index contributed by atoms with van der Waals surface area (Å²) < 4.78 is 42.4. The molecule has 0 N–H and O–H groups in total. The Hall–Kier alpha value is -2.03. The molecule has 1 rings (SSSR count). The third-order valence-electron chi connectivity index (χ3n) is 2.12. The van der Waals surface area contributed by atoms with E-state index in [0.717, 1.165) is 6.07 Å². The van der Waals surface area contributed by atoms with E-state index in [4.69, 9.17) is 10.00 Å². The Bertz CT molecular complexity index is 475. The zero-order valence-electron chi connectivity index (χ0n) is 8.84. The summed E-state index contributed by atoms with van der Waals surface area (Å²) in [5.41, 5.74) is -1.13. The van der Waals surface area contributed by atoms with Crippen LogP contribution in [0.5, 0.6) is 5.75 Å². The first-order valence-electron chi connectivity index (χ1n) is 4.54. The molecule has 0 aliphatic rings. The third kappa shape index (κ3) is 2.75. The van der Waals surface area contributed by atoms with E-state index in [0.29, 0.717) is 6.07 Å². The van der Waals surface area contributed by atoms with Crippen LogP contribution >= 0.6 is 0 Å². The normalized spacial score (nSPS) is 10.8. The van der Waals surface area contributed by atoms with Gasteiger partial charge in [-0.05, 0) is 12.1 Å². The number of halogens is 3. The lowest BCUT2D eigenvalue weighted by Crippen LogP contribution is -2.08. The van der Waals surface area contributed by atoms with E-state index in [2.05, 4.69) is 0 Å². The maximum Gasteiger partial charge on any atom is 0.416 e. The highest BCUT2D eigenvalue weighted by Gasteiger charge is 2.32. The van der Waals surface area contributed by atoms with Gasteiger partial charge in [-0.3, -0.25) is 4.79 Å². The first kappa shape index (κ1) is 13.0. The van der Waals surface area contributed by atoms with Gasteiger partial charge in [0.15, 0.2) is 6.29 Å². The van der Waals surface area contributed by atoms with Crippen LogP contribution in [-0.4, -0.2) is 13.4 Å². The lowest BCUT2D eigenvalue weighted by molar-refractivity contribution is -0.137. The molecule has 17 heavy (non-hydrogen) atoms. The Kier molecular flexibility index (Phi) is 3.73. The van der Waals surface area contributed by atoms with Crippen molar-refractivity contribution in [2.75, 3.05) is 7.11 Å². The van der Waals surface area contributed by atoms with Crippen molar-refractivity contribution in [3.05, 3.63) is 28.8 Å². The predicted molar refractivity (Wildman–Crippen MR) is 52.7 cm³/mol. The Labute approximate surface area is 95.4 Å². The summed E-state index contributed by atoms with van der Waals surface area (Å²) >= 11 is 0. The first-order chi connectivity index (χ1) is 7.93. The number of carbonyl (C=O) groups excluding carboxylic acids is 1. The van der Waals surface area contributed by atoms with Crippen molar-refractivity contribution in [3.8, 4) is 11.8 Å². The van der Waals surface area contributed by atoms with Crippen LogP contribution in [0, 0.1) is 11.3 Å². The number of ether oxygens (including phenoxy) is 1. The Morgan fingerprint density at radius 3 is 2.53 bits per heavy atom. The quantitative estimate of drug-likeness (QED) is 0.766. The molecule has 0 spiro atoms. The van der Waals surface area contributed by atoms with Crippen molar-refractivity contribution < 1.29 is 22.7 Å². The molecular weight excluding hydrogens is 235 g/mol. The summed E-state index contributed by atoms with van der Waals surface area (Å²) in [6.07, 6.45) is -4.54. The van der Waals surface area contributed by atoms with Crippen molar-refractivity contribution in [1.82, 2.24) is 0 Å². The molecule has 0 heterocycles. The molecule has 6 heteroatoms. The van der Waals surface area contributed by atoms with Crippen molar-refractivity contribution in [1.29, 1.82) is 5.26 Å². The number of nitriles is 1. The molecule has 0 unspecified atom stereocenters. The molecule has 0 aliphatic carbocycles. The summed E-state index contributed by atoms with van der Waals surface area (Å²) in [4.78, 5) is 10.7. The van der Waals surface area contributed by atoms with E-state index in [1.165, 1.54) is 7.11 Å². The summed E-state index contributed by atoms with van der Waals surface area (Å²) in [6.45, 7) is 0. The topological polar surface area (TPSA) is 50.1 Å². The molecule has 0 fully saturated rings. The van der Waals surface area contributed by atoms with Gasteiger partial charge in [0.25, 0.3) is 0 Å². The van der Waals surface area contributed by atoms with Crippen LogP contribution in [0.15, 0.2) is 12.1 Å². The molecule has 0 aromatic heterocycles. The van der Waals surface area contributed by atoms with E-state index >= 15 is 0 Å².